The van der Waals surface area contributed by atoms with Crippen molar-refractivity contribution in [3.05, 3.63) is 59.7 Å². The Hall–Kier alpha value is -3.88. The van der Waals surface area contributed by atoms with Crippen molar-refractivity contribution in [2.75, 3.05) is 13.2 Å². The SMILES string of the molecule is O=C(CNC(=O)[C@H]1COc2ccccc2O1)N/N=C\c1ccc(C(=O)O)cc1. The van der Waals surface area contributed by atoms with Crippen LogP contribution in [-0.4, -0.2) is 48.4 Å². The van der Waals surface area contributed by atoms with E-state index in [1.807, 2.05) is 0 Å². The van der Waals surface area contributed by atoms with Crippen molar-refractivity contribution in [2.45, 2.75) is 6.10 Å². The molecule has 2 amide bonds. The number of carboxylic acid groups (broad SMARTS) is 1. The molecular formula is C19H17N3O6. The molecule has 0 unspecified atom stereocenters. The van der Waals surface area contributed by atoms with E-state index in [1.54, 1.807) is 36.4 Å². The lowest BCUT2D eigenvalue weighted by atomic mass is 10.1. The van der Waals surface area contributed by atoms with E-state index >= 15 is 0 Å². The molecule has 28 heavy (non-hydrogen) atoms. The number of amides is 2. The van der Waals surface area contributed by atoms with Crippen LogP contribution in [0.5, 0.6) is 11.5 Å². The van der Waals surface area contributed by atoms with Crippen LogP contribution in [0, 0.1) is 0 Å². The number of rotatable bonds is 6. The third kappa shape index (κ3) is 4.85. The van der Waals surface area contributed by atoms with E-state index in [4.69, 9.17) is 14.6 Å². The molecule has 9 heteroatoms. The third-order valence-electron chi connectivity index (χ3n) is 3.78. The number of hydrazone groups is 1. The summed E-state index contributed by atoms with van der Waals surface area (Å²) in [6.07, 6.45) is 0.513. The normalized spacial score (nSPS) is 15.1. The number of nitrogens with zero attached hydrogens (tertiary/aromatic N) is 1. The van der Waals surface area contributed by atoms with E-state index in [0.29, 0.717) is 17.1 Å². The van der Waals surface area contributed by atoms with Crippen molar-refractivity contribution in [3.8, 4) is 11.5 Å². The Labute approximate surface area is 160 Å². The number of fused-ring (bicyclic) bond motifs is 1. The number of carbonyl (C=O) groups is 3. The van der Waals surface area contributed by atoms with Gasteiger partial charge in [-0.25, -0.2) is 10.2 Å². The predicted octanol–water partition coefficient (Wildman–Crippen LogP) is 0.791. The van der Waals surface area contributed by atoms with E-state index in [2.05, 4.69) is 15.8 Å². The van der Waals surface area contributed by atoms with E-state index in [-0.39, 0.29) is 18.7 Å². The second-order valence-electron chi connectivity index (χ2n) is 5.80. The highest BCUT2D eigenvalue weighted by Crippen LogP contribution is 2.30. The van der Waals surface area contributed by atoms with Crippen molar-refractivity contribution >= 4 is 24.0 Å². The highest BCUT2D eigenvalue weighted by atomic mass is 16.6. The lowest BCUT2D eigenvalue weighted by molar-refractivity contribution is -0.132. The van der Waals surface area contributed by atoms with Crippen LogP contribution in [0.1, 0.15) is 15.9 Å². The van der Waals surface area contributed by atoms with Gasteiger partial charge in [0.1, 0.15) is 6.61 Å². The maximum atomic E-state index is 12.1. The molecule has 0 saturated carbocycles. The fourth-order valence-electron chi connectivity index (χ4n) is 2.36. The van der Waals surface area contributed by atoms with Crippen molar-refractivity contribution in [3.63, 3.8) is 0 Å². The van der Waals surface area contributed by atoms with Gasteiger partial charge in [-0.3, -0.25) is 9.59 Å². The summed E-state index contributed by atoms with van der Waals surface area (Å²) in [5.41, 5.74) is 3.03. The first-order chi connectivity index (χ1) is 13.5. The summed E-state index contributed by atoms with van der Waals surface area (Å²) in [4.78, 5) is 34.7. The average Bonchev–Trinajstić information content (AvgIpc) is 2.72. The highest BCUT2D eigenvalue weighted by molar-refractivity contribution is 5.90. The molecule has 1 aliphatic rings. The quantitative estimate of drug-likeness (QED) is 0.500. The summed E-state index contributed by atoms with van der Waals surface area (Å²) >= 11 is 0. The molecule has 144 valence electrons. The Bertz CT molecular complexity index is 910. The molecule has 0 aliphatic carbocycles. The fourth-order valence-corrected chi connectivity index (χ4v) is 2.36. The van der Waals surface area contributed by atoms with Gasteiger partial charge in [0.2, 0.25) is 6.10 Å². The van der Waals surface area contributed by atoms with Gasteiger partial charge < -0.3 is 19.9 Å². The number of para-hydroxylation sites is 2. The van der Waals surface area contributed by atoms with Crippen molar-refractivity contribution in [1.82, 2.24) is 10.7 Å². The molecule has 0 aromatic heterocycles. The van der Waals surface area contributed by atoms with Crippen LogP contribution in [0.25, 0.3) is 0 Å². The monoisotopic (exact) mass is 383 g/mol. The smallest absolute Gasteiger partial charge is 0.335 e. The van der Waals surface area contributed by atoms with Gasteiger partial charge >= 0.3 is 5.97 Å². The maximum Gasteiger partial charge on any atom is 0.335 e. The van der Waals surface area contributed by atoms with Crippen LogP contribution in [0.4, 0.5) is 0 Å². The van der Waals surface area contributed by atoms with Gasteiger partial charge in [0.25, 0.3) is 11.8 Å². The molecule has 1 heterocycles. The summed E-state index contributed by atoms with van der Waals surface area (Å²) in [6, 6.07) is 13.0. The number of carboxylic acids is 1. The molecular weight excluding hydrogens is 366 g/mol. The minimum atomic E-state index is -1.02. The van der Waals surface area contributed by atoms with E-state index in [1.165, 1.54) is 18.3 Å². The average molecular weight is 383 g/mol. The Morgan fingerprint density at radius 2 is 1.82 bits per heavy atom. The molecule has 0 spiro atoms. The topological polar surface area (TPSA) is 126 Å². The molecule has 0 saturated heterocycles. The fraction of sp³-hybridized carbons (Fsp3) is 0.158. The van der Waals surface area contributed by atoms with Gasteiger partial charge in [0.05, 0.1) is 18.3 Å². The summed E-state index contributed by atoms with van der Waals surface area (Å²) < 4.78 is 11.0. The van der Waals surface area contributed by atoms with Crippen LogP contribution < -0.4 is 20.2 Å². The van der Waals surface area contributed by atoms with Crippen LogP contribution in [0.3, 0.4) is 0 Å². The largest absolute Gasteiger partial charge is 0.485 e. The third-order valence-corrected chi connectivity index (χ3v) is 3.78. The minimum absolute atomic E-state index is 0.0506. The summed E-state index contributed by atoms with van der Waals surface area (Å²) in [5.74, 6) is -0.989. The van der Waals surface area contributed by atoms with E-state index in [9.17, 15) is 14.4 Å². The first-order valence-corrected chi connectivity index (χ1v) is 8.34. The van der Waals surface area contributed by atoms with E-state index < -0.39 is 23.9 Å². The number of aromatic carboxylic acids is 1. The van der Waals surface area contributed by atoms with Crippen molar-refractivity contribution < 1.29 is 29.0 Å². The molecule has 0 fully saturated rings. The molecule has 9 nitrogen and oxygen atoms in total. The zero-order chi connectivity index (χ0) is 19.9. The maximum absolute atomic E-state index is 12.1. The zero-order valence-electron chi connectivity index (χ0n) is 14.6. The molecule has 2 aromatic carbocycles. The Kier molecular flexibility index (Phi) is 5.85. The highest BCUT2D eigenvalue weighted by Gasteiger charge is 2.27. The molecule has 1 aliphatic heterocycles. The summed E-state index contributed by atoms with van der Waals surface area (Å²) in [7, 11) is 0. The van der Waals surface area contributed by atoms with Gasteiger partial charge in [-0.15, -0.1) is 0 Å². The second-order valence-corrected chi connectivity index (χ2v) is 5.80. The number of ether oxygens (including phenoxy) is 2. The lowest BCUT2D eigenvalue weighted by Crippen LogP contribution is -2.46. The number of hydrogen-bond donors (Lipinski definition) is 3. The van der Waals surface area contributed by atoms with Crippen LogP contribution in [0.2, 0.25) is 0 Å². The molecule has 1 atom stereocenters. The van der Waals surface area contributed by atoms with Crippen LogP contribution in [0.15, 0.2) is 53.6 Å². The van der Waals surface area contributed by atoms with Gasteiger partial charge in [-0.05, 0) is 29.8 Å². The van der Waals surface area contributed by atoms with Crippen LogP contribution in [-0.2, 0) is 9.59 Å². The molecule has 3 rings (SSSR count). The number of nitrogens with one attached hydrogen (secondary N) is 2. The Balaban J connectivity index is 1.43. The van der Waals surface area contributed by atoms with Crippen LogP contribution >= 0.6 is 0 Å². The molecule has 0 bridgehead atoms. The molecule has 0 radical (unpaired) electrons. The Morgan fingerprint density at radius 1 is 1.11 bits per heavy atom. The predicted molar refractivity (Wildman–Crippen MR) is 98.5 cm³/mol. The number of benzene rings is 2. The number of carbonyl (C=O) groups excluding carboxylic acids is 2. The molecule has 2 aromatic rings. The van der Waals surface area contributed by atoms with Gasteiger partial charge in [0, 0.05) is 0 Å². The summed E-state index contributed by atoms with van der Waals surface area (Å²) in [6.45, 7) is -0.232. The lowest BCUT2D eigenvalue weighted by Gasteiger charge is -2.25. The summed E-state index contributed by atoms with van der Waals surface area (Å²) in [5, 5.41) is 15.0. The minimum Gasteiger partial charge on any atom is -0.485 e. The zero-order valence-corrected chi connectivity index (χ0v) is 14.6. The van der Waals surface area contributed by atoms with E-state index in [0.717, 1.165) is 0 Å². The second kappa shape index (κ2) is 8.67. The number of hydrogen-bond acceptors (Lipinski definition) is 6. The van der Waals surface area contributed by atoms with Gasteiger partial charge in [-0.2, -0.15) is 5.10 Å². The van der Waals surface area contributed by atoms with Crippen molar-refractivity contribution in [1.29, 1.82) is 0 Å². The first kappa shape index (κ1) is 18.9. The Morgan fingerprint density at radius 3 is 2.54 bits per heavy atom. The van der Waals surface area contributed by atoms with Gasteiger partial charge in [0.15, 0.2) is 11.5 Å². The standard InChI is InChI=1S/C19H17N3O6/c23-17(22-21-9-12-5-7-13(8-6-12)19(25)26)10-20-18(24)16-11-27-14-3-1-2-4-15(14)28-16/h1-9,16H,10-11H2,(H,20,24)(H,22,23)(H,25,26)/b21-9-/t16-/m1/s1. The molecule has 3 N–H and O–H groups in total. The first-order valence-electron chi connectivity index (χ1n) is 8.34. The van der Waals surface area contributed by atoms with Crippen molar-refractivity contribution in [2.24, 2.45) is 5.10 Å². The van der Waals surface area contributed by atoms with Gasteiger partial charge in [-0.1, -0.05) is 24.3 Å².